The van der Waals surface area contributed by atoms with Crippen LogP contribution in [-0.4, -0.2) is 41.3 Å². The first-order valence-corrected chi connectivity index (χ1v) is 8.98. The number of piperidine rings is 1. The van der Waals surface area contributed by atoms with E-state index in [4.69, 9.17) is 0 Å². The Kier molecular flexibility index (Phi) is 5.40. The molecular weight excluding hydrogens is 292 g/mol. The molecule has 1 saturated heterocycles. The molecule has 0 atom stereocenters. The fourth-order valence-electron chi connectivity index (χ4n) is 2.78. The van der Waals surface area contributed by atoms with E-state index < -0.39 is 0 Å². The van der Waals surface area contributed by atoms with Crippen molar-refractivity contribution in [1.82, 2.24) is 15.1 Å². The van der Waals surface area contributed by atoms with E-state index in [1.165, 1.54) is 32.5 Å². The SMILES string of the molecule is CC1CCN(CCCNc2nnc(-c3ccccc3)s2)CC1. The van der Waals surface area contributed by atoms with Crippen molar-refractivity contribution in [2.75, 3.05) is 31.5 Å². The average Bonchev–Trinajstić information content (AvgIpc) is 3.03. The Morgan fingerprint density at radius 1 is 1.18 bits per heavy atom. The number of nitrogens with one attached hydrogen (secondary N) is 1. The largest absolute Gasteiger partial charge is 0.360 e. The summed E-state index contributed by atoms with van der Waals surface area (Å²) in [7, 11) is 0. The monoisotopic (exact) mass is 316 g/mol. The molecule has 2 heterocycles. The highest BCUT2D eigenvalue weighted by Gasteiger charge is 2.14. The maximum atomic E-state index is 4.26. The summed E-state index contributed by atoms with van der Waals surface area (Å²) < 4.78 is 0. The highest BCUT2D eigenvalue weighted by atomic mass is 32.1. The van der Waals surface area contributed by atoms with Gasteiger partial charge in [-0.15, -0.1) is 10.2 Å². The fraction of sp³-hybridized carbons (Fsp3) is 0.529. The summed E-state index contributed by atoms with van der Waals surface area (Å²) in [4.78, 5) is 2.58. The summed E-state index contributed by atoms with van der Waals surface area (Å²) >= 11 is 1.63. The smallest absolute Gasteiger partial charge is 0.206 e. The number of benzene rings is 1. The van der Waals surface area contributed by atoms with Gasteiger partial charge in [0.15, 0.2) is 0 Å². The summed E-state index contributed by atoms with van der Waals surface area (Å²) in [6.07, 6.45) is 3.86. The Morgan fingerprint density at radius 2 is 1.95 bits per heavy atom. The lowest BCUT2D eigenvalue weighted by Crippen LogP contribution is -2.34. The van der Waals surface area contributed by atoms with Crippen LogP contribution in [0.25, 0.3) is 10.6 Å². The summed E-state index contributed by atoms with van der Waals surface area (Å²) in [5, 5.41) is 13.8. The van der Waals surface area contributed by atoms with Gasteiger partial charge in [0, 0.05) is 12.1 Å². The van der Waals surface area contributed by atoms with Crippen molar-refractivity contribution in [2.24, 2.45) is 5.92 Å². The van der Waals surface area contributed by atoms with Gasteiger partial charge in [0.05, 0.1) is 0 Å². The molecule has 1 N–H and O–H groups in total. The van der Waals surface area contributed by atoms with Crippen LogP contribution in [0, 0.1) is 5.92 Å². The van der Waals surface area contributed by atoms with E-state index in [9.17, 15) is 0 Å². The van der Waals surface area contributed by atoms with Gasteiger partial charge in [0.2, 0.25) is 5.13 Å². The average molecular weight is 316 g/mol. The molecule has 1 fully saturated rings. The molecule has 0 unspecified atom stereocenters. The number of hydrogen-bond acceptors (Lipinski definition) is 5. The van der Waals surface area contributed by atoms with Crippen molar-refractivity contribution in [3.05, 3.63) is 30.3 Å². The third-order valence-corrected chi connectivity index (χ3v) is 5.18. The molecule has 0 aliphatic carbocycles. The van der Waals surface area contributed by atoms with Crippen LogP contribution in [-0.2, 0) is 0 Å². The minimum Gasteiger partial charge on any atom is -0.360 e. The van der Waals surface area contributed by atoms with Gasteiger partial charge in [-0.2, -0.15) is 0 Å². The molecule has 1 aliphatic rings. The van der Waals surface area contributed by atoms with Gasteiger partial charge in [0.1, 0.15) is 5.01 Å². The third kappa shape index (κ3) is 4.27. The lowest BCUT2D eigenvalue weighted by molar-refractivity contribution is 0.192. The van der Waals surface area contributed by atoms with Gasteiger partial charge < -0.3 is 10.2 Å². The Labute approximate surface area is 136 Å². The summed E-state index contributed by atoms with van der Waals surface area (Å²) in [5.74, 6) is 0.909. The van der Waals surface area contributed by atoms with Crippen LogP contribution in [0.15, 0.2) is 30.3 Å². The highest BCUT2D eigenvalue weighted by molar-refractivity contribution is 7.18. The van der Waals surface area contributed by atoms with Gasteiger partial charge in [-0.05, 0) is 44.8 Å². The van der Waals surface area contributed by atoms with E-state index in [-0.39, 0.29) is 0 Å². The molecule has 1 aromatic heterocycles. The second kappa shape index (κ2) is 7.70. The van der Waals surface area contributed by atoms with Gasteiger partial charge in [-0.25, -0.2) is 0 Å². The van der Waals surface area contributed by atoms with Gasteiger partial charge in [-0.3, -0.25) is 0 Å². The number of nitrogens with zero attached hydrogens (tertiary/aromatic N) is 3. The van der Waals surface area contributed by atoms with Crippen molar-refractivity contribution in [3.8, 4) is 10.6 Å². The van der Waals surface area contributed by atoms with E-state index >= 15 is 0 Å². The van der Waals surface area contributed by atoms with Crippen molar-refractivity contribution in [1.29, 1.82) is 0 Å². The molecular formula is C17H24N4S. The molecule has 0 radical (unpaired) electrons. The van der Waals surface area contributed by atoms with E-state index in [1.807, 2.05) is 18.2 Å². The molecule has 118 valence electrons. The molecule has 0 spiro atoms. The van der Waals surface area contributed by atoms with Gasteiger partial charge in [-0.1, -0.05) is 48.6 Å². The fourth-order valence-corrected chi connectivity index (χ4v) is 3.55. The molecule has 4 nitrogen and oxygen atoms in total. The normalized spacial score (nSPS) is 16.8. The van der Waals surface area contributed by atoms with Crippen molar-refractivity contribution in [2.45, 2.75) is 26.2 Å². The van der Waals surface area contributed by atoms with Crippen LogP contribution < -0.4 is 5.32 Å². The van der Waals surface area contributed by atoms with E-state index in [0.29, 0.717) is 0 Å². The number of rotatable bonds is 6. The first kappa shape index (κ1) is 15.4. The quantitative estimate of drug-likeness (QED) is 0.824. The van der Waals surface area contributed by atoms with Crippen LogP contribution in [0.2, 0.25) is 0 Å². The van der Waals surface area contributed by atoms with E-state index in [1.54, 1.807) is 11.3 Å². The van der Waals surface area contributed by atoms with Crippen molar-refractivity contribution in [3.63, 3.8) is 0 Å². The molecule has 1 aromatic carbocycles. The number of aromatic nitrogens is 2. The molecule has 5 heteroatoms. The number of hydrogen-bond donors (Lipinski definition) is 1. The van der Waals surface area contributed by atoms with Crippen LogP contribution in [0.1, 0.15) is 26.2 Å². The van der Waals surface area contributed by atoms with Gasteiger partial charge in [0.25, 0.3) is 0 Å². The van der Waals surface area contributed by atoms with Gasteiger partial charge >= 0.3 is 0 Å². The summed E-state index contributed by atoms with van der Waals surface area (Å²) in [6.45, 7) is 7.04. The maximum absolute atomic E-state index is 4.26. The van der Waals surface area contributed by atoms with Crippen LogP contribution >= 0.6 is 11.3 Å². The standard InChI is InChI=1S/C17H24N4S/c1-14-8-12-21(13-9-14)11-5-10-18-17-20-19-16(22-17)15-6-3-2-4-7-15/h2-4,6-7,14H,5,8-13H2,1H3,(H,18,20). The molecule has 0 bridgehead atoms. The highest BCUT2D eigenvalue weighted by Crippen LogP contribution is 2.25. The Hall–Kier alpha value is -1.46. The lowest BCUT2D eigenvalue weighted by Gasteiger charge is -2.30. The summed E-state index contributed by atoms with van der Waals surface area (Å²) in [5.41, 5.74) is 1.13. The zero-order valence-corrected chi connectivity index (χ0v) is 14.0. The Balaban J connectivity index is 1.40. The second-order valence-corrected chi connectivity index (χ2v) is 7.06. The van der Waals surface area contributed by atoms with E-state index in [2.05, 4.69) is 39.5 Å². The molecule has 3 rings (SSSR count). The van der Waals surface area contributed by atoms with Crippen LogP contribution in [0.3, 0.4) is 0 Å². The Morgan fingerprint density at radius 3 is 2.73 bits per heavy atom. The number of anilines is 1. The topological polar surface area (TPSA) is 41.0 Å². The lowest BCUT2D eigenvalue weighted by atomic mass is 9.99. The molecule has 0 amide bonds. The first-order valence-electron chi connectivity index (χ1n) is 8.16. The zero-order valence-electron chi connectivity index (χ0n) is 13.2. The molecule has 22 heavy (non-hydrogen) atoms. The maximum Gasteiger partial charge on any atom is 0.206 e. The number of likely N-dealkylation sites (tertiary alicyclic amines) is 1. The van der Waals surface area contributed by atoms with Crippen LogP contribution in [0.4, 0.5) is 5.13 Å². The van der Waals surface area contributed by atoms with Crippen molar-refractivity contribution < 1.29 is 0 Å². The first-order chi connectivity index (χ1) is 10.8. The van der Waals surface area contributed by atoms with Crippen molar-refractivity contribution >= 4 is 16.5 Å². The summed E-state index contributed by atoms with van der Waals surface area (Å²) in [6, 6.07) is 10.2. The third-order valence-electron chi connectivity index (χ3n) is 4.25. The minimum atomic E-state index is 0.909. The molecule has 2 aromatic rings. The predicted molar refractivity (Wildman–Crippen MR) is 93.3 cm³/mol. The minimum absolute atomic E-state index is 0.909. The zero-order chi connectivity index (χ0) is 15.2. The second-order valence-electron chi connectivity index (χ2n) is 6.08. The van der Waals surface area contributed by atoms with E-state index in [0.717, 1.165) is 34.6 Å². The predicted octanol–water partition coefficient (Wildman–Crippen LogP) is 3.74. The van der Waals surface area contributed by atoms with Crippen LogP contribution in [0.5, 0.6) is 0 Å². The molecule has 0 saturated carbocycles. The Bertz CT molecular complexity index is 561. The molecule has 1 aliphatic heterocycles.